The summed E-state index contributed by atoms with van der Waals surface area (Å²) >= 11 is 7.32. The standard InChI is InChI=1S/C23H24ClN3O2S/c1-27(18-7-3-2-4-8-18)22(28)15-30-21-10-6-5-9-19(21)23(29)26-17-11-12-20(24)16(13-17)14-25/h5-6,9-13,18H,2-4,7-8,15H2,1H3,(H,26,29). The van der Waals surface area contributed by atoms with Crippen LogP contribution in [0.4, 0.5) is 5.69 Å². The quantitative estimate of drug-likeness (QED) is 0.613. The van der Waals surface area contributed by atoms with E-state index in [0.717, 1.165) is 17.7 Å². The summed E-state index contributed by atoms with van der Waals surface area (Å²) in [7, 11) is 1.88. The highest BCUT2D eigenvalue weighted by Crippen LogP contribution is 2.27. The van der Waals surface area contributed by atoms with Crippen molar-refractivity contribution in [2.45, 2.75) is 43.0 Å². The highest BCUT2D eigenvalue weighted by atomic mass is 35.5. The maximum atomic E-state index is 12.8. The van der Waals surface area contributed by atoms with E-state index in [-0.39, 0.29) is 17.6 Å². The van der Waals surface area contributed by atoms with Gasteiger partial charge < -0.3 is 10.2 Å². The minimum atomic E-state index is -0.294. The molecule has 30 heavy (non-hydrogen) atoms. The van der Waals surface area contributed by atoms with Gasteiger partial charge >= 0.3 is 0 Å². The number of hydrogen-bond donors (Lipinski definition) is 1. The lowest BCUT2D eigenvalue weighted by Gasteiger charge is -2.31. The van der Waals surface area contributed by atoms with Gasteiger partial charge in [-0.05, 0) is 43.2 Å². The molecular formula is C23H24ClN3O2S. The number of amides is 2. The largest absolute Gasteiger partial charge is 0.342 e. The number of nitrogens with zero attached hydrogens (tertiary/aromatic N) is 2. The maximum Gasteiger partial charge on any atom is 0.256 e. The number of rotatable bonds is 6. The molecule has 3 rings (SSSR count). The van der Waals surface area contributed by atoms with Gasteiger partial charge in [-0.3, -0.25) is 9.59 Å². The Balaban J connectivity index is 1.66. The lowest BCUT2D eigenvalue weighted by Crippen LogP contribution is -2.39. The molecule has 0 heterocycles. The van der Waals surface area contributed by atoms with Gasteiger partial charge in [-0.15, -0.1) is 11.8 Å². The molecule has 2 aromatic carbocycles. The Morgan fingerprint density at radius 2 is 1.93 bits per heavy atom. The molecule has 7 heteroatoms. The normalized spacial score (nSPS) is 14.0. The molecule has 0 bridgehead atoms. The van der Waals surface area contributed by atoms with Gasteiger partial charge in [-0.2, -0.15) is 5.26 Å². The molecule has 1 saturated carbocycles. The van der Waals surface area contributed by atoms with Gasteiger partial charge in [0.05, 0.1) is 21.9 Å². The predicted molar refractivity (Wildman–Crippen MR) is 121 cm³/mol. The van der Waals surface area contributed by atoms with E-state index in [0.29, 0.717) is 27.9 Å². The van der Waals surface area contributed by atoms with Crippen LogP contribution in [0.25, 0.3) is 0 Å². The number of hydrogen-bond acceptors (Lipinski definition) is 4. The monoisotopic (exact) mass is 441 g/mol. The third-order valence-electron chi connectivity index (χ3n) is 5.34. The molecule has 1 aliphatic rings. The molecule has 2 aromatic rings. The second-order valence-corrected chi connectivity index (χ2v) is 8.77. The average Bonchev–Trinajstić information content (AvgIpc) is 2.78. The number of benzene rings is 2. The van der Waals surface area contributed by atoms with Crippen molar-refractivity contribution in [3.63, 3.8) is 0 Å². The zero-order chi connectivity index (χ0) is 21.5. The van der Waals surface area contributed by atoms with E-state index in [9.17, 15) is 9.59 Å². The van der Waals surface area contributed by atoms with E-state index in [4.69, 9.17) is 16.9 Å². The second kappa shape index (κ2) is 10.5. The molecule has 0 atom stereocenters. The molecule has 156 valence electrons. The summed E-state index contributed by atoms with van der Waals surface area (Å²) in [4.78, 5) is 28.1. The van der Waals surface area contributed by atoms with Crippen LogP contribution in [-0.2, 0) is 4.79 Å². The predicted octanol–water partition coefficient (Wildman–Crippen LogP) is 5.35. The van der Waals surface area contributed by atoms with Crippen molar-refractivity contribution < 1.29 is 9.59 Å². The van der Waals surface area contributed by atoms with Crippen LogP contribution in [-0.4, -0.2) is 35.6 Å². The van der Waals surface area contributed by atoms with Gasteiger partial charge in [0.1, 0.15) is 6.07 Å². The molecule has 1 N–H and O–H groups in total. The molecular weight excluding hydrogens is 418 g/mol. The summed E-state index contributed by atoms with van der Waals surface area (Å²) in [5.41, 5.74) is 1.28. The molecule has 1 fully saturated rings. The Bertz CT molecular complexity index is 967. The SMILES string of the molecule is CN(C(=O)CSc1ccccc1C(=O)Nc1ccc(Cl)c(C#N)c1)C1CCCCC1. The van der Waals surface area contributed by atoms with E-state index < -0.39 is 0 Å². The van der Waals surface area contributed by atoms with Crippen LogP contribution in [0, 0.1) is 11.3 Å². The van der Waals surface area contributed by atoms with E-state index >= 15 is 0 Å². The van der Waals surface area contributed by atoms with Gasteiger partial charge in [-0.1, -0.05) is 43.0 Å². The number of thioether (sulfide) groups is 1. The Hall–Kier alpha value is -2.49. The number of carbonyl (C=O) groups excluding carboxylic acids is 2. The zero-order valence-corrected chi connectivity index (χ0v) is 18.4. The molecule has 0 aromatic heterocycles. The summed E-state index contributed by atoms with van der Waals surface area (Å²) < 4.78 is 0. The molecule has 0 spiro atoms. The van der Waals surface area contributed by atoms with E-state index in [1.165, 1.54) is 31.0 Å². The molecule has 5 nitrogen and oxygen atoms in total. The Morgan fingerprint density at radius 3 is 2.67 bits per heavy atom. The van der Waals surface area contributed by atoms with Crippen LogP contribution < -0.4 is 5.32 Å². The van der Waals surface area contributed by atoms with Gasteiger partial charge in [0.15, 0.2) is 0 Å². The molecule has 1 aliphatic carbocycles. The van der Waals surface area contributed by atoms with Gasteiger partial charge in [0.25, 0.3) is 5.91 Å². The van der Waals surface area contributed by atoms with Crippen molar-refractivity contribution in [3.8, 4) is 6.07 Å². The van der Waals surface area contributed by atoms with Crippen LogP contribution in [0.1, 0.15) is 48.0 Å². The fourth-order valence-electron chi connectivity index (χ4n) is 3.58. The van der Waals surface area contributed by atoms with Crippen LogP contribution >= 0.6 is 23.4 Å². The molecule has 2 amide bonds. The minimum Gasteiger partial charge on any atom is -0.342 e. The average molecular weight is 442 g/mol. The van der Waals surface area contributed by atoms with Crippen molar-refractivity contribution in [2.75, 3.05) is 18.1 Å². The smallest absolute Gasteiger partial charge is 0.256 e. The second-order valence-electron chi connectivity index (χ2n) is 7.34. The van der Waals surface area contributed by atoms with Crippen LogP contribution in [0.15, 0.2) is 47.4 Å². The van der Waals surface area contributed by atoms with Crippen LogP contribution in [0.2, 0.25) is 5.02 Å². The zero-order valence-electron chi connectivity index (χ0n) is 16.9. The van der Waals surface area contributed by atoms with Crippen molar-refractivity contribution in [2.24, 2.45) is 0 Å². The Morgan fingerprint density at radius 1 is 1.20 bits per heavy atom. The topological polar surface area (TPSA) is 73.2 Å². The molecule has 0 unspecified atom stereocenters. The van der Waals surface area contributed by atoms with Crippen molar-refractivity contribution >= 4 is 40.9 Å². The first kappa shape index (κ1) is 22.2. The number of carbonyl (C=O) groups is 2. The highest BCUT2D eigenvalue weighted by Gasteiger charge is 2.22. The van der Waals surface area contributed by atoms with Crippen molar-refractivity contribution in [1.29, 1.82) is 5.26 Å². The Kier molecular flexibility index (Phi) is 7.78. The van der Waals surface area contributed by atoms with Gasteiger partial charge in [0.2, 0.25) is 5.91 Å². The molecule has 0 aliphatic heterocycles. The third-order valence-corrected chi connectivity index (χ3v) is 6.73. The van der Waals surface area contributed by atoms with Gasteiger partial charge in [0, 0.05) is 23.7 Å². The first-order chi connectivity index (χ1) is 14.5. The summed E-state index contributed by atoms with van der Waals surface area (Å²) in [6.07, 6.45) is 5.74. The fraction of sp³-hybridized carbons (Fsp3) is 0.348. The van der Waals surface area contributed by atoms with Crippen LogP contribution in [0.3, 0.4) is 0 Å². The number of nitrogens with one attached hydrogen (secondary N) is 1. The van der Waals surface area contributed by atoms with Gasteiger partial charge in [-0.25, -0.2) is 0 Å². The summed E-state index contributed by atoms with van der Waals surface area (Å²) in [6, 6.07) is 14.3. The van der Waals surface area contributed by atoms with Crippen molar-refractivity contribution in [3.05, 3.63) is 58.6 Å². The lowest BCUT2D eigenvalue weighted by atomic mass is 9.94. The van der Waals surface area contributed by atoms with Crippen LogP contribution in [0.5, 0.6) is 0 Å². The lowest BCUT2D eigenvalue weighted by molar-refractivity contribution is -0.129. The highest BCUT2D eigenvalue weighted by molar-refractivity contribution is 8.00. The first-order valence-electron chi connectivity index (χ1n) is 9.98. The van der Waals surface area contributed by atoms with Crippen molar-refractivity contribution in [1.82, 2.24) is 4.90 Å². The van der Waals surface area contributed by atoms with E-state index in [1.54, 1.807) is 30.3 Å². The summed E-state index contributed by atoms with van der Waals surface area (Å²) in [6.45, 7) is 0. The minimum absolute atomic E-state index is 0.0819. The fourth-order valence-corrected chi connectivity index (χ4v) is 4.71. The van der Waals surface area contributed by atoms with E-state index in [1.807, 2.05) is 30.1 Å². The molecule has 0 saturated heterocycles. The summed E-state index contributed by atoms with van der Waals surface area (Å²) in [5.74, 6) is 0.0764. The third kappa shape index (κ3) is 5.56. The van der Waals surface area contributed by atoms with E-state index in [2.05, 4.69) is 5.32 Å². The number of anilines is 1. The number of halogens is 1. The Labute approximate surface area is 186 Å². The maximum absolute atomic E-state index is 12.8. The summed E-state index contributed by atoms with van der Waals surface area (Å²) in [5, 5.41) is 12.3. The number of nitriles is 1. The first-order valence-corrected chi connectivity index (χ1v) is 11.3. The molecule has 0 radical (unpaired) electrons.